The minimum atomic E-state index is -3.53. The number of carbonyl (C=O) groups excluding carboxylic acids is 2. The summed E-state index contributed by atoms with van der Waals surface area (Å²) in [6.07, 6.45) is 0.455. The fourth-order valence-corrected chi connectivity index (χ4v) is 4.37. The van der Waals surface area contributed by atoms with Gasteiger partial charge in [-0.1, -0.05) is 26.0 Å². The number of nitrogens with one attached hydrogen (secondary N) is 2. The predicted octanol–water partition coefficient (Wildman–Crippen LogP) is 3.39. The van der Waals surface area contributed by atoms with Gasteiger partial charge in [0.15, 0.2) is 0 Å². The van der Waals surface area contributed by atoms with Crippen LogP contribution in [0.2, 0.25) is 0 Å². The Labute approximate surface area is 176 Å². The zero-order valence-corrected chi connectivity index (χ0v) is 18.1. The number of halogens is 1. The molecule has 30 heavy (non-hydrogen) atoms. The van der Waals surface area contributed by atoms with Gasteiger partial charge in [0.1, 0.15) is 5.82 Å². The molecule has 2 aromatic carbocycles. The van der Waals surface area contributed by atoms with E-state index in [4.69, 9.17) is 0 Å². The molecule has 162 valence electrons. The van der Waals surface area contributed by atoms with Crippen molar-refractivity contribution < 1.29 is 22.4 Å². The molecule has 0 bridgehead atoms. The van der Waals surface area contributed by atoms with Gasteiger partial charge in [-0.3, -0.25) is 9.59 Å². The smallest absolute Gasteiger partial charge is 0.243 e. The third-order valence-electron chi connectivity index (χ3n) is 4.47. The Morgan fingerprint density at radius 2 is 1.63 bits per heavy atom. The summed E-state index contributed by atoms with van der Waals surface area (Å²) in [5.74, 6) is -1.30. The molecule has 2 aromatic rings. The molecule has 0 unspecified atom stereocenters. The summed E-state index contributed by atoms with van der Waals surface area (Å²) in [6, 6.07) is 10.3. The number of benzene rings is 2. The first-order chi connectivity index (χ1) is 14.2. The Bertz CT molecular complexity index is 1000. The SMILES string of the molecule is CCN(CC)S(=O)(=O)c1ccc(CCC(=O)Nc2cc(NC(C)=O)ccc2F)cc1. The molecule has 0 saturated carbocycles. The molecule has 0 aliphatic rings. The van der Waals surface area contributed by atoms with Crippen LogP contribution in [0, 0.1) is 5.82 Å². The van der Waals surface area contributed by atoms with Crippen LogP contribution in [0.3, 0.4) is 0 Å². The van der Waals surface area contributed by atoms with Gasteiger partial charge in [0.05, 0.1) is 10.6 Å². The highest BCUT2D eigenvalue weighted by atomic mass is 32.2. The molecule has 0 fully saturated rings. The fraction of sp³-hybridized carbons (Fsp3) is 0.333. The van der Waals surface area contributed by atoms with Crippen molar-refractivity contribution in [2.45, 2.75) is 38.5 Å². The van der Waals surface area contributed by atoms with Crippen LogP contribution in [0.15, 0.2) is 47.4 Å². The molecule has 9 heteroatoms. The van der Waals surface area contributed by atoms with E-state index in [1.54, 1.807) is 26.0 Å². The lowest BCUT2D eigenvalue weighted by molar-refractivity contribution is -0.116. The summed E-state index contributed by atoms with van der Waals surface area (Å²) >= 11 is 0. The van der Waals surface area contributed by atoms with Crippen molar-refractivity contribution in [1.82, 2.24) is 4.31 Å². The number of hydrogen-bond donors (Lipinski definition) is 2. The minimum Gasteiger partial charge on any atom is -0.326 e. The molecule has 7 nitrogen and oxygen atoms in total. The normalized spacial score (nSPS) is 11.4. The first-order valence-electron chi connectivity index (χ1n) is 9.63. The highest BCUT2D eigenvalue weighted by molar-refractivity contribution is 7.89. The van der Waals surface area contributed by atoms with E-state index in [0.717, 1.165) is 11.6 Å². The maximum absolute atomic E-state index is 13.9. The van der Waals surface area contributed by atoms with Crippen molar-refractivity contribution in [2.75, 3.05) is 23.7 Å². The van der Waals surface area contributed by atoms with Gasteiger partial charge in [-0.15, -0.1) is 0 Å². The Balaban J connectivity index is 1.99. The Morgan fingerprint density at radius 1 is 1.00 bits per heavy atom. The monoisotopic (exact) mass is 435 g/mol. The first kappa shape index (κ1) is 23.5. The third kappa shape index (κ3) is 6.11. The average molecular weight is 436 g/mol. The van der Waals surface area contributed by atoms with E-state index >= 15 is 0 Å². The molecule has 2 amide bonds. The topological polar surface area (TPSA) is 95.6 Å². The summed E-state index contributed by atoms with van der Waals surface area (Å²) in [7, 11) is -3.53. The molecular formula is C21H26FN3O4S. The third-order valence-corrected chi connectivity index (χ3v) is 6.53. The Hall–Kier alpha value is -2.78. The summed E-state index contributed by atoms with van der Waals surface area (Å²) < 4.78 is 40.3. The Morgan fingerprint density at radius 3 is 2.20 bits per heavy atom. The van der Waals surface area contributed by atoms with Crippen molar-refractivity contribution in [3.05, 3.63) is 53.8 Å². The molecule has 0 saturated heterocycles. The number of sulfonamides is 1. The van der Waals surface area contributed by atoms with Crippen molar-refractivity contribution in [3.63, 3.8) is 0 Å². The lowest BCUT2D eigenvalue weighted by Crippen LogP contribution is -2.30. The maximum Gasteiger partial charge on any atom is 0.243 e. The Kier molecular flexibility index (Phi) is 8.08. The minimum absolute atomic E-state index is 0.0214. The van der Waals surface area contributed by atoms with Crippen LogP contribution < -0.4 is 10.6 Å². The van der Waals surface area contributed by atoms with E-state index in [2.05, 4.69) is 10.6 Å². The molecule has 0 spiro atoms. The van der Waals surface area contributed by atoms with E-state index in [0.29, 0.717) is 25.2 Å². The van der Waals surface area contributed by atoms with Gasteiger partial charge in [-0.25, -0.2) is 12.8 Å². The molecular weight excluding hydrogens is 409 g/mol. The molecule has 0 heterocycles. The van der Waals surface area contributed by atoms with Crippen LogP contribution in [0.1, 0.15) is 32.8 Å². The quantitative estimate of drug-likeness (QED) is 0.631. The van der Waals surface area contributed by atoms with Crippen molar-refractivity contribution in [2.24, 2.45) is 0 Å². The number of aryl methyl sites for hydroxylation is 1. The second kappa shape index (κ2) is 10.3. The second-order valence-electron chi connectivity index (χ2n) is 6.66. The molecule has 0 atom stereocenters. The average Bonchev–Trinajstić information content (AvgIpc) is 2.69. The van der Waals surface area contributed by atoms with Crippen molar-refractivity contribution >= 4 is 33.2 Å². The van der Waals surface area contributed by atoms with E-state index in [-0.39, 0.29) is 22.9 Å². The number of amides is 2. The number of hydrogen-bond acceptors (Lipinski definition) is 4. The maximum atomic E-state index is 13.9. The number of nitrogens with zero attached hydrogens (tertiary/aromatic N) is 1. The van der Waals surface area contributed by atoms with Gasteiger partial charge in [0, 0.05) is 32.1 Å². The van der Waals surface area contributed by atoms with E-state index in [1.165, 1.54) is 35.5 Å². The van der Waals surface area contributed by atoms with Crippen LogP contribution >= 0.6 is 0 Å². The van der Waals surface area contributed by atoms with E-state index in [1.807, 2.05) is 0 Å². The van der Waals surface area contributed by atoms with Gasteiger partial charge < -0.3 is 10.6 Å². The molecule has 0 aliphatic carbocycles. The van der Waals surface area contributed by atoms with Gasteiger partial charge in [0.25, 0.3) is 0 Å². The summed E-state index contributed by atoms with van der Waals surface area (Å²) in [5, 5.41) is 5.02. The van der Waals surface area contributed by atoms with E-state index < -0.39 is 21.7 Å². The molecule has 0 aliphatic heterocycles. The summed E-state index contributed by atoms with van der Waals surface area (Å²) in [4.78, 5) is 23.5. The van der Waals surface area contributed by atoms with Gasteiger partial charge in [0.2, 0.25) is 21.8 Å². The molecule has 0 aromatic heterocycles. The molecule has 0 radical (unpaired) electrons. The largest absolute Gasteiger partial charge is 0.326 e. The molecule has 2 N–H and O–H groups in total. The second-order valence-corrected chi connectivity index (χ2v) is 8.60. The van der Waals surface area contributed by atoms with Crippen LogP contribution in [0.25, 0.3) is 0 Å². The zero-order valence-electron chi connectivity index (χ0n) is 17.2. The van der Waals surface area contributed by atoms with Crippen LogP contribution in [-0.4, -0.2) is 37.6 Å². The van der Waals surface area contributed by atoms with Crippen LogP contribution in [-0.2, 0) is 26.0 Å². The highest BCUT2D eigenvalue weighted by Gasteiger charge is 2.21. The van der Waals surface area contributed by atoms with Gasteiger partial charge >= 0.3 is 0 Å². The first-order valence-corrected chi connectivity index (χ1v) is 11.1. The number of carbonyl (C=O) groups is 2. The van der Waals surface area contributed by atoms with Crippen LogP contribution in [0.4, 0.5) is 15.8 Å². The highest BCUT2D eigenvalue weighted by Crippen LogP contribution is 2.21. The fourth-order valence-electron chi connectivity index (χ4n) is 2.91. The van der Waals surface area contributed by atoms with Crippen LogP contribution in [0.5, 0.6) is 0 Å². The number of anilines is 2. The number of rotatable bonds is 9. The van der Waals surface area contributed by atoms with Gasteiger partial charge in [-0.2, -0.15) is 4.31 Å². The van der Waals surface area contributed by atoms with E-state index in [9.17, 15) is 22.4 Å². The summed E-state index contributed by atoms with van der Waals surface area (Å²) in [5.41, 5.74) is 1.15. The standard InChI is InChI=1S/C21H26FN3O4S/c1-4-25(5-2)30(28,29)18-10-6-16(7-11-18)8-13-21(27)24-20-14-17(23-15(3)26)9-12-19(20)22/h6-7,9-12,14H,4-5,8,13H2,1-3H3,(H,23,26)(H,24,27). The lowest BCUT2D eigenvalue weighted by Gasteiger charge is -2.18. The summed E-state index contributed by atoms with van der Waals surface area (Å²) in [6.45, 7) is 5.67. The van der Waals surface area contributed by atoms with Crippen molar-refractivity contribution in [3.8, 4) is 0 Å². The zero-order chi connectivity index (χ0) is 22.3. The van der Waals surface area contributed by atoms with Gasteiger partial charge in [-0.05, 0) is 42.3 Å². The predicted molar refractivity (Wildman–Crippen MR) is 114 cm³/mol. The lowest BCUT2D eigenvalue weighted by atomic mass is 10.1. The van der Waals surface area contributed by atoms with Crippen molar-refractivity contribution in [1.29, 1.82) is 0 Å². The molecule has 2 rings (SSSR count).